The molecule has 1 aromatic carbocycles. The lowest BCUT2D eigenvalue weighted by Gasteiger charge is -2.61. The van der Waals surface area contributed by atoms with Crippen LogP contribution in [0.2, 0.25) is 0 Å². The number of aliphatic hydroxyl groups is 2. The van der Waals surface area contributed by atoms with E-state index in [9.17, 15) is 18.6 Å². The standard InChI is InChI=1S/C38H60O4S/c1-6-35(3)20-22-38(40,23-21-35)25-34(43(41,42)29-10-8-7-9-11-29)26(2)31-14-15-32-30-13-12-27-24-28(39)16-18-36(27,4)33(30)17-19-37(31,32)5/h7-11,26-28,30-34,39-40H,6,12-25H2,1-5H3/t26-,27?,28-,30-,31+,32-,33-,34?,35?,36-,37+,38?/m0/s1. The third-order valence-corrected chi connectivity index (χ3v) is 17.5. The van der Waals surface area contributed by atoms with E-state index in [0.717, 1.165) is 56.8 Å². The Kier molecular flexibility index (Phi) is 8.50. The molecule has 0 aromatic heterocycles. The summed E-state index contributed by atoms with van der Waals surface area (Å²) in [6, 6.07) is 9.09. The van der Waals surface area contributed by atoms with Gasteiger partial charge in [0.1, 0.15) is 0 Å². The number of fused-ring (bicyclic) bond motifs is 5. The predicted octanol–water partition coefficient (Wildman–Crippen LogP) is 8.60. The first-order valence-electron chi connectivity index (χ1n) is 17.9. The van der Waals surface area contributed by atoms with Crippen LogP contribution in [0.4, 0.5) is 0 Å². The minimum absolute atomic E-state index is 0.00276. The van der Waals surface area contributed by atoms with E-state index in [1.54, 1.807) is 12.1 Å². The van der Waals surface area contributed by atoms with Crippen molar-refractivity contribution in [1.29, 1.82) is 0 Å². The molecule has 0 heterocycles. The van der Waals surface area contributed by atoms with Gasteiger partial charge < -0.3 is 10.2 Å². The van der Waals surface area contributed by atoms with Gasteiger partial charge in [-0.15, -0.1) is 0 Å². The summed E-state index contributed by atoms with van der Waals surface area (Å²) in [5.41, 5.74) is -0.158. The Labute approximate surface area is 262 Å². The van der Waals surface area contributed by atoms with Crippen molar-refractivity contribution in [1.82, 2.24) is 0 Å². The van der Waals surface area contributed by atoms with E-state index in [-0.39, 0.29) is 22.9 Å². The molecular formula is C38H60O4S. The van der Waals surface area contributed by atoms with Crippen molar-refractivity contribution in [3.63, 3.8) is 0 Å². The molecule has 2 N–H and O–H groups in total. The smallest absolute Gasteiger partial charge is 0.181 e. The first kappa shape index (κ1) is 32.0. The van der Waals surface area contributed by atoms with Crippen molar-refractivity contribution in [2.75, 3.05) is 0 Å². The maximum atomic E-state index is 14.5. The van der Waals surface area contributed by atoms with Crippen molar-refractivity contribution in [2.24, 2.45) is 51.8 Å². The van der Waals surface area contributed by atoms with Crippen LogP contribution in [-0.2, 0) is 9.84 Å². The molecule has 0 saturated heterocycles. The van der Waals surface area contributed by atoms with Gasteiger partial charge in [-0.25, -0.2) is 8.42 Å². The number of sulfone groups is 1. The minimum Gasteiger partial charge on any atom is -0.393 e. The molecule has 0 spiro atoms. The van der Waals surface area contributed by atoms with Crippen molar-refractivity contribution in [3.05, 3.63) is 30.3 Å². The van der Waals surface area contributed by atoms with Crippen LogP contribution in [-0.4, -0.2) is 35.6 Å². The zero-order valence-electron chi connectivity index (χ0n) is 27.7. The fraction of sp³-hybridized carbons (Fsp3) is 0.842. The Morgan fingerprint density at radius 1 is 0.837 bits per heavy atom. The lowest BCUT2D eigenvalue weighted by Crippen LogP contribution is -2.54. The molecule has 5 heteroatoms. The fourth-order valence-electron chi connectivity index (χ4n) is 12.0. The summed E-state index contributed by atoms with van der Waals surface area (Å²) in [7, 11) is -3.61. The normalized spacial score (nSPS) is 46.3. The van der Waals surface area contributed by atoms with Crippen LogP contribution in [0.15, 0.2) is 35.2 Å². The average molecular weight is 613 g/mol. The second-order valence-corrected chi connectivity index (χ2v) is 19.3. The van der Waals surface area contributed by atoms with Gasteiger partial charge in [-0.1, -0.05) is 59.2 Å². The molecule has 5 aliphatic carbocycles. The van der Waals surface area contributed by atoms with Gasteiger partial charge in [-0.3, -0.25) is 0 Å². The molecule has 0 bridgehead atoms. The lowest BCUT2D eigenvalue weighted by atomic mass is 9.44. The summed E-state index contributed by atoms with van der Waals surface area (Å²) >= 11 is 0. The van der Waals surface area contributed by atoms with Crippen LogP contribution < -0.4 is 0 Å². The van der Waals surface area contributed by atoms with E-state index >= 15 is 0 Å². The summed E-state index contributed by atoms with van der Waals surface area (Å²) in [6.07, 6.45) is 15.1. The molecule has 0 amide bonds. The maximum Gasteiger partial charge on any atom is 0.181 e. The van der Waals surface area contributed by atoms with Crippen molar-refractivity contribution in [2.45, 2.75) is 153 Å². The second kappa shape index (κ2) is 11.4. The molecule has 5 fully saturated rings. The molecule has 6 rings (SSSR count). The Hall–Kier alpha value is -0.910. The number of aliphatic hydroxyl groups excluding tert-OH is 1. The number of rotatable bonds is 7. The second-order valence-electron chi connectivity index (χ2n) is 17.2. The van der Waals surface area contributed by atoms with E-state index in [2.05, 4.69) is 34.6 Å². The highest BCUT2D eigenvalue weighted by Gasteiger charge is 2.61. The third kappa shape index (κ3) is 5.47. The van der Waals surface area contributed by atoms with E-state index in [0.29, 0.717) is 47.3 Å². The molecule has 0 radical (unpaired) electrons. The van der Waals surface area contributed by atoms with E-state index in [4.69, 9.17) is 0 Å². The van der Waals surface area contributed by atoms with Gasteiger partial charge in [0.05, 0.1) is 21.9 Å². The molecule has 4 nitrogen and oxygen atoms in total. The van der Waals surface area contributed by atoms with Crippen LogP contribution in [0.5, 0.6) is 0 Å². The molecule has 0 aliphatic heterocycles. The van der Waals surface area contributed by atoms with Gasteiger partial charge in [-0.05, 0) is 154 Å². The van der Waals surface area contributed by atoms with E-state index in [1.807, 2.05) is 18.2 Å². The van der Waals surface area contributed by atoms with E-state index in [1.165, 1.54) is 32.1 Å². The first-order chi connectivity index (χ1) is 20.2. The summed E-state index contributed by atoms with van der Waals surface area (Å²) in [5, 5.41) is 21.9. The monoisotopic (exact) mass is 612 g/mol. The van der Waals surface area contributed by atoms with Crippen molar-refractivity contribution < 1.29 is 18.6 Å². The number of hydrogen-bond donors (Lipinski definition) is 2. The van der Waals surface area contributed by atoms with Crippen molar-refractivity contribution in [3.8, 4) is 0 Å². The predicted molar refractivity (Wildman–Crippen MR) is 174 cm³/mol. The molecule has 43 heavy (non-hydrogen) atoms. The van der Waals surface area contributed by atoms with Gasteiger partial charge in [0.25, 0.3) is 0 Å². The summed E-state index contributed by atoms with van der Waals surface area (Å²) in [6.45, 7) is 11.9. The van der Waals surface area contributed by atoms with Gasteiger partial charge in [0.2, 0.25) is 0 Å². The number of benzene rings is 1. The van der Waals surface area contributed by atoms with Crippen LogP contribution in [0, 0.1) is 51.8 Å². The zero-order chi connectivity index (χ0) is 30.8. The Morgan fingerprint density at radius 2 is 1.49 bits per heavy atom. The molecule has 2 unspecified atom stereocenters. The maximum absolute atomic E-state index is 14.5. The molecular weight excluding hydrogens is 552 g/mol. The zero-order valence-corrected chi connectivity index (χ0v) is 28.5. The topological polar surface area (TPSA) is 74.6 Å². The van der Waals surface area contributed by atoms with Crippen LogP contribution in [0.25, 0.3) is 0 Å². The SMILES string of the molecule is CCC1(C)CCC(O)(CC([C@@H](C)[C@H]2CC[C@H]3[C@@H]4CCC5C[C@@H](O)CC[C@]5(C)[C@H]4CC[C@]23C)S(=O)(=O)c2ccccc2)CC1. The highest BCUT2D eigenvalue weighted by molar-refractivity contribution is 7.92. The molecule has 242 valence electrons. The Balaban J connectivity index is 1.28. The van der Waals surface area contributed by atoms with Crippen LogP contribution >= 0.6 is 0 Å². The quantitative estimate of drug-likeness (QED) is 0.323. The largest absolute Gasteiger partial charge is 0.393 e. The van der Waals surface area contributed by atoms with E-state index < -0.39 is 20.7 Å². The van der Waals surface area contributed by atoms with Gasteiger partial charge in [0, 0.05) is 0 Å². The third-order valence-electron chi connectivity index (χ3n) is 15.2. The van der Waals surface area contributed by atoms with Crippen LogP contribution in [0.3, 0.4) is 0 Å². The first-order valence-corrected chi connectivity index (χ1v) is 19.5. The Bertz CT molecular complexity index is 1240. The molecule has 5 saturated carbocycles. The number of hydrogen-bond acceptors (Lipinski definition) is 4. The highest BCUT2D eigenvalue weighted by Crippen LogP contribution is 2.68. The lowest BCUT2D eigenvalue weighted by molar-refractivity contribution is -0.129. The summed E-state index contributed by atoms with van der Waals surface area (Å²) in [5.74, 6) is 3.14. The van der Waals surface area contributed by atoms with Crippen LogP contribution in [0.1, 0.15) is 131 Å². The molecule has 5 aliphatic rings. The Morgan fingerprint density at radius 3 is 2.16 bits per heavy atom. The average Bonchev–Trinajstić information content (AvgIpc) is 3.35. The summed E-state index contributed by atoms with van der Waals surface area (Å²) in [4.78, 5) is 0.416. The molecule has 10 atom stereocenters. The highest BCUT2D eigenvalue weighted by atomic mass is 32.2. The van der Waals surface area contributed by atoms with Gasteiger partial charge in [-0.2, -0.15) is 0 Å². The molecule has 1 aromatic rings. The fourth-order valence-corrected chi connectivity index (χ4v) is 14.2. The minimum atomic E-state index is -3.61. The van der Waals surface area contributed by atoms with Gasteiger partial charge >= 0.3 is 0 Å². The summed E-state index contributed by atoms with van der Waals surface area (Å²) < 4.78 is 29.0. The van der Waals surface area contributed by atoms with Crippen molar-refractivity contribution >= 4 is 9.84 Å². The van der Waals surface area contributed by atoms with Gasteiger partial charge in [0.15, 0.2) is 9.84 Å².